The molecule has 0 atom stereocenters. The molecule has 0 unspecified atom stereocenters. The van der Waals surface area contributed by atoms with E-state index < -0.39 is 5.91 Å². The molecule has 0 aromatic heterocycles. The fourth-order valence-electron chi connectivity index (χ4n) is 2.00. The van der Waals surface area contributed by atoms with Gasteiger partial charge in [-0.15, -0.1) is 11.6 Å². The fourth-order valence-corrected chi connectivity index (χ4v) is 2.13. The van der Waals surface area contributed by atoms with Gasteiger partial charge in [0.25, 0.3) is 5.91 Å². The Kier molecular flexibility index (Phi) is 8.29. The van der Waals surface area contributed by atoms with Gasteiger partial charge in [0.05, 0.1) is 0 Å². The van der Waals surface area contributed by atoms with Gasteiger partial charge in [-0.2, -0.15) is 5.26 Å². The van der Waals surface area contributed by atoms with E-state index in [0.29, 0.717) is 38.4 Å². The van der Waals surface area contributed by atoms with Crippen molar-refractivity contribution < 1.29 is 9.59 Å². The second-order valence-electron chi connectivity index (χ2n) is 4.76. The largest absolute Gasteiger partial charge is 0.390 e. The molecule has 2 N–H and O–H groups in total. The standard InChI is InChI=1S/C14H21ClN4O2/c15-5-2-6-17-11-12(10-16)14(21)18-7-3-9-19-8-1-4-13(19)20/h11,17H,1-9H2,(H,18,21)/b12-11-. The number of alkyl halides is 1. The summed E-state index contributed by atoms with van der Waals surface area (Å²) in [6.45, 7) is 2.53. The van der Waals surface area contributed by atoms with Crippen molar-refractivity contribution in [1.82, 2.24) is 15.5 Å². The molecule has 0 saturated carbocycles. The van der Waals surface area contributed by atoms with Gasteiger partial charge in [0.2, 0.25) is 5.91 Å². The van der Waals surface area contributed by atoms with Crippen LogP contribution in [-0.4, -0.2) is 48.8 Å². The highest BCUT2D eigenvalue weighted by Crippen LogP contribution is 2.09. The molecule has 6 nitrogen and oxygen atoms in total. The van der Waals surface area contributed by atoms with Crippen LogP contribution in [0.15, 0.2) is 11.8 Å². The second kappa shape index (κ2) is 10.1. The van der Waals surface area contributed by atoms with Crippen molar-refractivity contribution in [2.24, 2.45) is 0 Å². The highest BCUT2D eigenvalue weighted by Gasteiger charge is 2.19. The Balaban J connectivity index is 2.21. The van der Waals surface area contributed by atoms with Gasteiger partial charge in [-0.25, -0.2) is 0 Å². The summed E-state index contributed by atoms with van der Waals surface area (Å²) in [5.74, 6) is 0.315. The molecule has 116 valence electrons. The third-order valence-electron chi connectivity index (χ3n) is 3.13. The zero-order valence-corrected chi connectivity index (χ0v) is 12.8. The Morgan fingerprint density at radius 3 is 2.86 bits per heavy atom. The van der Waals surface area contributed by atoms with Gasteiger partial charge in [-0.3, -0.25) is 9.59 Å². The van der Waals surface area contributed by atoms with Crippen LogP contribution in [0.3, 0.4) is 0 Å². The molecule has 0 radical (unpaired) electrons. The molecular weight excluding hydrogens is 292 g/mol. The van der Waals surface area contributed by atoms with Gasteiger partial charge in [-0.1, -0.05) is 0 Å². The number of likely N-dealkylation sites (tertiary alicyclic amines) is 1. The van der Waals surface area contributed by atoms with Crippen LogP contribution >= 0.6 is 11.6 Å². The van der Waals surface area contributed by atoms with Crippen LogP contribution in [0.4, 0.5) is 0 Å². The number of hydrogen-bond acceptors (Lipinski definition) is 4. The molecule has 7 heteroatoms. The van der Waals surface area contributed by atoms with Crippen LogP contribution in [0.5, 0.6) is 0 Å². The molecule has 1 saturated heterocycles. The van der Waals surface area contributed by atoms with E-state index in [0.717, 1.165) is 19.4 Å². The molecule has 2 amide bonds. The van der Waals surface area contributed by atoms with Crippen molar-refractivity contribution in [2.75, 3.05) is 32.1 Å². The first-order valence-electron chi connectivity index (χ1n) is 7.14. The summed E-state index contributed by atoms with van der Waals surface area (Å²) in [4.78, 5) is 25.0. The Morgan fingerprint density at radius 1 is 1.43 bits per heavy atom. The molecule has 0 aliphatic carbocycles. The van der Waals surface area contributed by atoms with Gasteiger partial charge in [0.1, 0.15) is 11.6 Å². The monoisotopic (exact) mass is 312 g/mol. The van der Waals surface area contributed by atoms with Crippen LogP contribution in [0.25, 0.3) is 0 Å². The smallest absolute Gasteiger partial charge is 0.263 e. The number of carbonyl (C=O) groups excluding carboxylic acids is 2. The van der Waals surface area contributed by atoms with Gasteiger partial charge >= 0.3 is 0 Å². The zero-order valence-electron chi connectivity index (χ0n) is 12.0. The maximum atomic E-state index is 11.7. The molecule has 0 bridgehead atoms. The van der Waals surface area contributed by atoms with E-state index in [1.165, 1.54) is 6.20 Å². The minimum atomic E-state index is -0.399. The van der Waals surface area contributed by atoms with E-state index in [4.69, 9.17) is 16.9 Å². The Morgan fingerprint density at radius 2 is 2.24 bits per heavy atom. The average molecular weight is 313 g/mol. The third kappa shape index (κ3) is 6.50. The Bertz CT molecular complexity index is 431. The Hall–Kier alpha value is -1.74. The predicted octanol–water partition coefficient (Wildman–Crippen LogP) is 0.741. The van der Waals surface area contributed by atoms with Crippen LogP contribution < -0.4 is 10.6 Å². The van der Waals surface area contributed by atoms with Crippen molar-refractivity contribution in [2.45, 2.75) is 25.7 Å². The van der Waals surface area contributed by atoms with Crippen molar-refractivity contribution in [3.63, 3.8) is 0 Å². The predicted molar refractivity (Wildman–Crippen MR) is 80.5 cm³/mol. The first-order chi connectivity index (χ1) is 10.2. The summed E-state index contributed by atoms with van der Waals surface area (Å²) in [7, 11) is 0. The molecule has 0 spiro atoms. The zero-order chi connectivity index (χ0) is 15.5. The molecule has 1 heterocycles. The first kappa shape index (κ1) is 17.3. The topological polar surface area (TPSA) is 85.2 Å². The van der Waals surface area contributed by atoms with E-state index in [1.807, 2.05) is 6.07 Å². The lowest BCUT2D eigenvalue weighted by molar-refractivity contribution is -0.127. The molecule has 0 aromatic rings. The number of nitriles is 1. The molecule has 1 rings (SSSR count). The SMILES string of the molecule is N#C/C(=C/NCCCCl)C(=O)NCCCN1CCCC1=O. The number of nitrogens with one attached hydrogen (secondary N) is 2. The third-order valence-corrected chi connectivity index (χ3v) is 3.40. The minimum absolute atomic E-state index is 0.0434. The maximum absolute atomic E-state index is 11.7. The van der Waals surface area contributed by atoms with Gasteiger partial charge in [0, 0.05) is 44.7 Å². The summed E-state index contributed by atoms with van der Waals surface area (Å²) in [5, 5.41) is 14.5. The Labute approximate surface area is 130 Å². The van der Waals surface area contributed by atoms with Crippen molar-refractivity contribution in [3.8, 4) is 6.07 Å². The number of hydrogen-bond donors (Lipinski definition) is 2. The summed E-state index contributed by atoms with van der Waals surface area (Å²) >= 11 is 5.53. The van der Waals surface area contributed by atoms with E-state index in [9.17, 15) is 9.59 Å². The van der Waals surface area contributed by atoms with Gasteiger partial charge < -0.3 is 15.5 Å². The number of halogens is 1. The van der Waals surface area contributed by atoms with Crippen molar-refractivity contribution in [3.05, 3.63) is 11.8 Å². The van der Waals surface area contributed by atoms with Gasteiger partial charge in [0.15, 0.2) is 0 Å². The van der Waals surface area contributed by atoms with Crippen molar-refractivity contribution >= 4 is 23.4 Å². The van der Waals surface area contributed by atoms with E-state index in [-0.39, 0.29) is 11.5 Å². The van der Waals surface area contributed by atoms with Gasteiger partial charge in [-0.05, 0) is 19.3 Å². The summed E-state index contributed by atoms with van der Waals surface area (Å²) in [5.41, 5.74) is 0.0434. The van der Waals surface area contributed by atoms with Crippen LogP contribution in [0.1, 0.15) is 25.7 Å². The van der Waals surface area contributed by atoms with Crippen LogP contribution in [-0.2, 0) is 9.59 Å². The molecule has 21 heavy (non-hydrogen) atoms. The lowest BCUT2D eigenvalue weighted by atomic mass is 10.3. The lowest BCUT2D eigenvalue weighted by Gasteiger charge is -2.15. The average Bonchev–Trinajstić information content (AvgIpc) is 2.89. The maximum Gasteiger partial charge on any atom is 0.263 e. The molecule has 0 aromatic carbocycles. The normalized spacial score (nSPS) is 15.0. The summed E-state index contributed by atoms with van der Waals surface area (Å²) in [6, 6.07) is 1.86. The molecule has 1 fully saturated rings. The molecule has 1 aliphatic heterocycles. The number of nitrogens with zero attached hydrogens (tertiary/aromatic N) is 2. The van der Waals surface area contributed by atoms with Crippen LogP contribution in [0, 0.1) is 11.3 Å². The number of rotatable bonds is 9. The fraction of sp³-hybridized carbons (Fsp3) is 0.643. The summed E-state index contributed by atoms with van der Waals surface area (Å²) in [6.07, 6.45) is 4.41. The number of carbonyl (C=O) groups is 2. The summed E-state index contributed by atoms with van der Waals surface area (Å²) < 4.78 is 0. The minimum Gasteiger partial charge on any atom is -0.390 e. The highest BCUT2D eigenvalue weighted by molar-refractivity contribution is 6.17. The van der Waals surface area contributed by atoms with Crippen LogP contribution in [0.2, 0.25) is 0 Å². The lowest BCUT2D eigenvalue weighted by Crippen LogP contribution is -2.31. The number of amides is 2. The van der Waals surface area contributed by atoms with E-state index in [1.54, 1.807) is 4.90 Å². The molecular formula is C14H21ClN4O2. The molecule has 1 aliphatic rings. The quantitative estimate of drug-likeness (QED) is 0.285. The second-order valence-corrected chi connectivity index (χ2v) is 5.14. The van der Waals surface area contributed by atoms with Crippen molar-refractivity contribution in [1.29, 1.82) is 5.26 Å². The van der Waals surface area contributed by atoms with E-state index in [2.05, 4.69) is 10.6 Å². The van der Waals surface area contributed by atoms with E-state index >= 15 is 0 Å². The first-order valence-corrected chi connectivity index (χ1v) is 7.68. The highest BCUT2D eigenvalue weighted by atomic mass is 35.5.